The quantitative estimate of drug-likeness (QED) is 0.342. The van der Waals surface area contributed by atoms with Gasteiger partial charge in [-0.1, -0.05) is 47.5 Å². The molecule has 0 aliphatic carbocycles. The number of benzene rings is 3. The number of carbonyl (C=O) groups is 1. The largest absolute Gasteiger partial charge is 0.488 e. The highest BCUT2D eigenvalue weighted by Crippen LogP contribution is 2.34. The van der Waals surface area contributed by atoms with Gasteiger partial charge in [0.1, 0.15) is 12.4 Å². The van der Waals surface area contributed by atoms with E-state index in [-0.39, 0.29) is 5.56 Å². The summed E-state index contributed by atoms with van der Waals surface area (Å²) in [5, 5.41) is 10.4. The molecule has 1 aromatic heterocycles. The van der Waals surface area contributed by atoms with Crippen LogP contribution in [0.25, 0.3) is 16.9 Å². The highest BCUT2D eigenvalue weighted by atomic mass is 35.5. The molecule has 31 heavy (non-hydrogen) atoms. The fourth-order valence-electron chi connectivity index (χ4n) is 3.46. The van der Waals surface area contributed by atoms with Gasteiger partial charge in [0.25, 0.3) is 0 Å². The van der Waals surface area contributed by atoms with Gasteiger partial charge < -0.3 is 14.4 Å². The maximum atomic E-state index is 11.4. The molecule has 4 nitrogen and oxygen atoms in total. The number of aromatic nitrogens is 1. The second-order valence-corrected chi connectivity index (χ2v) is 7.90. The Morgan fingerprint density at radius 1 is 0.935 bits per heavy atom. The predicted molar refractivity (Wildman–Crippen MR) is 124 cm³/mol. The Hall–Kier alpha value is -3.21. The Morgan fingerprint density at radius 2 is 1.74 bits per heavy atom. The predicted octanol–water partition coefficient (Wildman–Crippen LogP) is 7.04. The number of carboxylic acids is 1. The van der Waals surface area contributed by atoms with Crippen LogP contribution in [-0.4, -0.2) is 15.6 Å². The van der Waals surface area contributed by atoms with Crippen molar-refractivity contribution in [2.45, 2.75) is 13.5 Å². The highest BCUT2D eigenvalue weighted by molar-refractivity contribution is 6.42. The minimum absolute atomic E-state index is 0.237. The first-order valence-electron chi connectivity index (χ1n) is 9.62. The van der Waals surface area contributed by atoms with E-state index in [0.29, 0.717) is 22.4 Å². The van der Waals surface area contributed by atoms with Crippen LogP contribution in [0.2, 0.25) is 10.0 Å². The number of hydrogen-bond donors (Lipinski definition) is 1. The molecule has 0 saturated carbocycles. The van der Waals surface area contributed by atoms with Crippen molar-refractivity contribution >= 4 is 29.2 Å². The molecule has 0 fully saturated rings. The summed E-state index contributed by atoms with van der Waals surface area (Å²) >= 11 is 12.1. The van der Waals surface area contributed by atoms with Crippen molar-refractivity contribution in [2.75, 3.05) is 0 Å². The molecule has 156 valence electrons. The van der Waals surface area contributed by atoms with E-state index in [0.717, 1.165) is 28.2 Å². The number of aryl methyl sites for hydroxylation is 1. The molecule has 0 aliphatic rings. The maximum absolute atomic E-state index is 11.4. The number of hydrogen-bond acceptors (Lipinski definition) is 2. The lowest BCUT2D eigenvalue weighted by atomic mass is 10.1. The van der Waals surface area contributed by atoms with Crippen molar-refractivity contribution in [1.29, 1.82) is 0 Å². The van der Waals surface area contributed by atoms with E-state index in [1.54, 1.807) is 30.3 Å². The van der Waals surface area contributed by atoms with Crippen molar-refractivity contribution in [3.05, 3.63) is 106 Å². The molecule has 3 aromatic carbocycles. The molecule has 0 radical (unpaired) electrons. The van der Waals surface area contributed by atoms with Crippen LogP contribution in [0.15, 0.2) is 78.9 Å². The monoisotopic (exact) mass is 451 g/mol. The lowest BCUT2D eigenvalue weighted by molar-refractivity contribution is 0.0697. The molecule has 6 heteroatoms. The molecule has 1 heterocycles. The van der Waals surface area contributed by atoms with Crippen molar-refractivity contribution in [3.63, 3.8) is 0 Å². The molecule has 0 aliphatic heterocycles. The summed E-state index contributed by atoms with van der Waals surface area (Å²) < 4.78 is 8.15. The first kappa shape index (κ1) is 21.0. The van der Waals surface area contributed by atoms with Crippen molar-refractivity contribution in [3.8, 4) is 22.7 Å². The highest BCUT2D eigenvalue weighted by Gasteiger charge is 2.15. The summed E-state index contributed by atoms with van der Waals surface area (Å²) in [6.45, 7) is 2.32. The van der Waals surface area contributed by atoms with Gasteiger partial charge in [-0.2, -0.15) is 0 Å². The molecule has 0 amide bonds. The number of nitrogens with zero attached hydrogens (tertiary/aromatic N) is 1. The van der Waals surface area contributed by atoms with Crippen LogP contribution in [0.3, 0.4) is 0 Å². The van der Waals surface area contributed by atoms with Gasteiger partial charge >= 0.3 is 5.97 Å². The average Bonchev–Trinajstić information content (AvgIpc) is 3.16. The smallest absolute Gasteiger partial charge is 0.335 e. The van der Waals surface area contributed by atoms with Crippen LogP contribution in [0.5, 0.6) is 5.75 Å². The zero-order valence-electron chi connectivity index (χ0n) is 16.7. The summed E-state index contributed by atoms with van der Waals surface area (Å²) in [5.41, 5.74) is 4.71. The third kappa shape index (κ3) is 4.46. The second-order valence-electron chi connectivity index (χ2n) is 7.08. The second kappa shape index (κ2) is 8.88. The van der Waals surface area contributed by atoms with Crippen LogP contribution in [0, 0.1) is 6.92 Å². The first-order chi connectivity index (χ1) is 14.9. The third-order valence-electron chi connectivity index (χ3n) is 4.97. The zero-order valence-corrected chi connectivity index (χ0v) is 18.2. The van der Waals surface area contributed by atoms with Crippen LogP contribution >= 0.6 is 23.2 Å². The van der Waals surface area contributed by atoms with E-state index in [1.165, 1.54) is 0 Å². The van der Waals surface area contributed by atoms with Crippen molar-refractivity contribution in [1.82, 2.24) is 4.57 Å². The Balaban J connectivity index is 1.71. The summed E-state index contributed by atoms with van der Waals surface area (Å²) in [4.78, 5) is 11.4. The number of halogens is 2. The van der Waals surface area contributed by atoms with Crippen LogP contribution in [0.4, 0.5) is 0 Å². The van der Waals surface area contributed by atoms with Gasteiger partial charge in [-0.25, -0.2) is 4.79 Å². The molecule has 4 aromatic rings. The number of para-hydroxylation sites is 1. The molecule has 0 saturated heterocycles. The van der Waals surface area contributed by atoms with Gasteiger partial charge in [0.2, 0.25) is 0 Å². The molecule has 1 N–H and O–H groups in total. The van der Waals surface area contributed by atoms with E-state index in [4.69, 9.17) is 27.9 Å². The minimum atomic E-state index is -0.960. The fraction of sp³-hybridized carbons (Fsp3) is 0.0800. The van der Waals surface area contributed by atoms with Crippen LogP contribution in [0.1, 0.15) is 21.6 Å². The van der Waals surface area contributed by atoms with Gasteiger partial charge in [0.15, 0.2) is 0 Å². The van der Waals surface area contributed by atoms with E-state index in [1.807, 2.05) is 60.0 Å². The number of rotatable bonds is 6. The molecule has 0 unspecified atom stereocenters. The number of carboxylic acid groups (broad SMARTS) is 1. The molecule has 4 rings (SSSR count). The Labute approximate surface area is 190 Å². The SMILES string of the molecule is Cc1ccc(-c2ccccc2OCc2ccc(Cl)c(Cl)c2)n1-c1cccc(C(=O)O)c1. The fourth-order valence-corrected chi connectivity index (χ4v) is 3.78. The van der Waals surface area contributed by atoms with E-state index < -0.39 is 5.97 Å². The van der Waals surface area contributed by atoms with E-state index >= 15 is 0 Å². The molecular weight excluding hydrogens is 433 g/mol. The van der Waals surface area contributed by atoms with E-state index in [2.05, 4.69) is 0 Å². The van der Waals surface area contributed by atoms with Gasteiger partial charge in [-0.3, -0.25) is 0 Å². The zero-order chi connectivity index (χ0) is 22.0. The van der Waals surface area contributed by atoms with Gasteiger partial charge in [0, 0.05) is 16.9 Å². The summed E-state index contributed by atoms with van der Waals surface area (Å²) in [5.74, 6) is -0.249. The summed E-state index contributed by atoms with van der Waals surface area (Å²) in [6, 6.07) is 24.1. The standard InChI is InChI=1S/C25H19Cl2NO3/c1-16-9-12-23(28(16)19-6-4-5-18(14-19)25(29)30)20-7-2-3-8-24(20)31-15-17-10-11-21(26)22(27)13-17/h2-14H,15H2,1H3,(H,29,30). The first-order valence-corrected chi connectivity index (χ1v) is 10.4. The average molecular weight is 452 g/mol. The van der Waals surface area contributed by atoms with Crippen molar-refractivity contribution in [2.24, 2.45) is 0 Å². The van der Waals surface area contributed by atoms with Crippen molar-refractivity contribution < 1.29 is 14.6 Å². The Morgan fingerprint density at radius 3 is 2.52 bits per heavy atom. The molecule has 0 atom stereocenters. The van der Waals surface area contributed by atoms with Gasteiger partial charge in [0.05, 0.1) is 21.3 Å². The number of aromatic carboxylic acids is 1. The van der Waals surface area contributed by atoms with Crippen LogP contribution < -0.4 is 4.74 Å². The van der Waals surface area contributed by atoms with E-state index in [9.17, 15) is 9.90 Å². The van der Waals surface area contributed by atoms with Gasteiger partial charge in [-0.05, 0) is 67.1 Å². The normalized spacial score (nSPS) is 10.8. The third-order valence-corrected chi connectivity index (χ3v) is 5.71. The molecule has 0 spiro atoms. The number of ether oxygens (including phenoxy) is 1. The molecular formula is C25H19Cl2NO3. The topological polar surface area (TPSA) is 51.5 Å². The Kier molecular flexibility index (Phi) is 6.03. The van der Waals surface area contributed by atoms with Crippen LogP contribution in [-0.2, 0) is 6.61 Å². The lowest BCUT2D eigenvalue weighted by Crippen LogP contribution is -2.03. The van der Waals surface area contributed by atoms with Gasteiger partial charge in [-0.15, -0.1) is 0 Å². The maximum Gasteiger partial charge on any atom is 0.335 e. The molecule has 0 bridgehead atoms. The lowest BCUT2D eigenvalue weighted by Gasteiger charge is -2.16. The summed E-state index contributed by atoms with van der Waals surface area (Å²) in [6.07, 6.45) is 0. The minimum Gasteiger partial charge on any atom is -0.488 e. The Bertz CT molecular complexity index is 1260. The summed E-state index contributed by atoms with van der Waals surface area (Å²) in [7, 11) is 0.